The molecule has 222 valence electrons. The number of rotatable bonds is 8. The molecule has 6 atom stereocenters. The van der Waals surface area contributed by atoms with Crippen LogP contribution in [0, 0.1) is 0 Å². The van der Waals surface area contributed by atoms with Crippen LogP contribution in [0.25, 0.3) is 0 Å². The van der Waals surface area contributed by atoms with E-state index in [0.717, 1.165) is 43.2 Å². The molecule has 1 aromatic carbocycles. The van der Waals surface area contributed by atoms with Gasteiger partial charge in [-0.3, -0.25) is 14.7 Å². The van der Waals surface area contributed by atoms with Crippen LogP contribution in [0.2, 0.25) is 0 Å². The van der Waals surface area contributed by atoms with Crippen LogP contribution in [-0.2, 0) is 0 Å². The number of amides is 1. The van der Waals surface area contributed by atoms with Gasteiger partial charge in [-0.2, -0.15) is 13.2 Å². The van der Waals surface area contributed by atoms with Crippen LogP contribution in [0.4, 0.5) is 13.2 Å². The summed E-state index contributed by atoms with van der Waals surface area (Å²) in [4.78, 5) is 26.5. The number of aliphatic hydroxyl groups excluding tert-OH is 1. The van der Waals surface area contributed by atoms with E-state index in [1.807, 2.05) is 6.20 Å². The number of benzene rings is 1. The Labute approximate surface area is 241 Å². The molecule has 6 unspecified atom stereocenters. The number of nitrogens with zero attached hydrogens (tertiary/aromatic N) is 4. The fourth-order valence-electron chi connectivity index (χ4n) is 6.01. The average molecular weight is 592 g/mol. The summed E-state index contributed by atoms with van der Waals surface area (Å²) in [6.07, 6.45) is 2.40. The quantitative estimate of drug-likeness (QED) is 0.342. The number of nitrogens with two attached hydrogens (primary N) is 2. The van der Waals surface area contributed by atoms with Crippen molar-refractivity contribution in [2.45, 2.75) is 73.8 Å². The number of fused-ring (bicyclic) bond motifs is 2. The predicted octanol–water partition coefficient (Wildman–Crippen LogP) is 2.57. The number of carbonyl (C=O) groups is 1. The van der Waals surface area contributed by atoms with Crippen LogP contribution in [0.1, 0.15) is 48.5 Å². The fraction of sp³-hybridized carbons (Fsp3) is 0.536. The van der Waals surface area contributed by atoms with E-state index >= 15 is 0 Å². The van der Waals surface area contributed by atoms with Crippen molar-refractivity contribution >= 4 is 29.2 Å². The maximum Gasteiger partial charge on any atom is 0.412 e. The Morgan fingerprint density at radius 3 is 2.73 bits per heavy atom. The standard InChI is InChI=1S/C28H36F3N7O2S/c1-16-22(39)14-20-6-7-21(15-38(16)20)41-27-36-23(24-25(33)34-12-13-37(24)27)17-2-4-18(5-3-17)26(40)35-11-9-19(8-10-32)28(29,30)31/h2-5,9,12-13,16,20-22,24,27,39H,6-8,10-11,14-15,32H2,1H3,(H2,33,34)(H,35,40). The molecular weight excluding hydrogens is 555 g/mol. The van der Waals surface area contributed by atoms with E-state index in [9.17, 15) is 23.1 Å². The lowest BCUT2D eigenvalue weighted by Crippen LogP contribution is -2.48. The lowest BCUT2D eigenvalue weighted by atomic mass is 10.0. The molecule has 0 aromatic heterocycles. The van der Waals surface area contributed by atoms with Crippen molar-refractivity contribution in [3.63, 3.8) is 0 Å². The van der Waals surface area contributed by atoms with Gasteiger partial charge in [-0.15, -0.1) is 11.8 Å². The molecule has 2 saturated heterocycles. The molecule has 1 amide bonds. The molecule has 9 nitrogen and oxygen atoms in total. The van der Waals surface area contributed by atoms with Crippen molar-refractivity contribution < 1.29 is 23.1 Å². The average Bonchev–Trinajstić information content (AvgIpc) is 3.45. The lowest BCUT2D eigenvalue weighted by Gasteiger charge is -2.39. The molecule has 2 fully saturated rings. The third kappa shape index (κ3) is 6.32. The number of carbonyl (C=O) groups excluding carboxylic acids is 1. The molecule has 1 aromatic rings. The van der Waals surface area contributed by atoms with Gasteiger partial charge in [0, 0.05) is 54.0 Å². The monoisotopic (exact) mass is 591 g/mol. The molecule has 41 heavy (non-hydrogen) atoms. The van der Waals surface area contributed by atoms with Crippen molar-refractivity contribution in [2.24, 2.45) is 21.5 Å². The highest BCUT2D eigenvalue weighted by atomic mass is 32.2. The van der Waals surface area contributed by atoms with Crippen LogP contribution < -0.4 is 16.8 Å². The highest BCUT2D eigenvalue weighted by Gasteiger charge is 2.44. The van der Waals surface area contributed by atoms with Gasteiger partial charge in [0.05, 0.1) is 11.8 Å². The molecule has 4 aliphatic heterocycles. The second-order valence-electron chi connectivity index (χ2n) is 10.8. The van der Waals surface area contributed by atoms with Gasteiger partial charge in [-0.25, -0.2) is 4.99 Å². The number of piperidine rings is 1. The summed E-state index contributed by atoms with van der Waals surface area (Å²) in [5, 5.41) is 13.2. The summed E-state index contributed by atoms with van der Waals surface area (Å²) < 4.78 is 39.1. The van der Waals surface area contributed by atoms with E-state index < -0.39 is 17.7 Å². The number of hydrogen-bond donors (Lipinski definition) is 4. The molecule has 4 heterocycles. The Balaban J connectivity index is 1.27. The van der Waals surface area contributed by atoms with Crippen LogP contribution in [0.5, 0.6) is 0 Å². The first-order chi connectivity index (χ1) is 19.6. The van der Waals surface area contributed by atoms with E-state index in [0.29, 0.717) is 22.7 Å². The van der Waals surface area contributed by atoms with Gasteiger partial charge in [0.2, 0.25) is 0 Å². The van der Waals surface area contributed by atoms with Gasteiger partial charge in [-0.05, 0) is 56.8 Å². The van der Waals surface area contributed by atoms with Crippen LogP contribution in [-0.4, -0.2) is 93.1 Å². The normalized spacial score (nSPS) is 30.1. The van der Waals surface area contributed by atoms with Gasteiger partial charge < -0.3 is 26.8 Å². The highest BCUT2D eigenvalue weighted by Crippen LogP contribution is 2.40. The Bertz CT molecular complexity index is 1250. The molecule has 13 heteroatoms. The number of nitrogens with one attached hydrogen (secondary N) is 1. The molecule has 0 spiro atoms. The van der Waals surface area contributed by atoms with E-state index in [2.05, 4.69) is 27.0 Å². The van der Waals surface area contributed by atoms with E-state index in [-0.39, 0.29) is 43.2 Å². The summed E-state index contributed by atoms with van der Waals surface area (Å²) in [5.41, 5.74) is 12.5. The number of thioether (sulfide) groups is 1. The third-order valence-corrected chi connectivity index (χ3v) is 9.61. The van der Waals surface area contributed by atoms with Gasteiger partial charge in [0.15, 0.2) is 5.50 Å². The molecular formula is C28H36F3N7O2S. The summed E-state index contributed by atoms with van der Waals surface area (Å²) in [7, 11) is 0. The highest BCUT2D eigenvalue weighted by molar-refractivity contribution is 8.00. The number of alkyl halides is 3. The van der Waals surface area contributed by atoms with Crippen molar-refractivity contribution in [2.75, 3.05) is 19.6 Å². The van der Waals surface area contributed by atoms with Crippen LogP contribution in [0.3, 0.4) is 0 Å². The Kier molecular flexibility index (Phi) is 8.78. The first-order valence-corrected chi connectivity index (χ1v) is 14.8. The number of aliphatic hydroxyl groups is 1. The number of halogens is 3. The lowest BCUT2D eigenvalue weighted by molar-refractivity contribution is -0.0939. The first-order valence-electron chi connectivity index (χ1n) is 13.9. The smallest absolute Gasteiger partial charge is 0.391 e. The molecule has 4 aliphatic rings. The maximum atomic E-state index is 13.0. The van der Waals surface area contributed by atoms with Gasteiger partial charge in [-0.1, -0.05) is 18.2 Å². The summed E-state index contributed by atoms with van der Waals surface area (Å²) in [6, 6.07) is 7.05. The van der Waals surface area contributed by atoms with Gasteiger partial charge >= 0.3 is 6.18 Å². The van der Waals surface area contributed by atoms with Crippen molar-refractivity contribution in [3.05, 3.63) is 59.4 Å². The Morgan fingerprint density at radius 2 is 2.02 bits per heavy atom. The molecule has 0 aliphatic carbocycles. The largest absolute Gasteiger partial charge is 0.412 e. The number of hydrogen-bond acceptors (Lipinski definition) is 9. The molecule has 6 N–H and O–H groups in total. The zero-order valence-corrected chi connectivity index (χ0v) is 23.6. The van der Waals surface area contributed by atoms with Crippen LogP contribution >= 0.6 is 11.8 Å². The Morgan fingerprint density at radius 1 is 1.27 bits per heavy atom. The zero-order valence-electron chi connectivity index (χ0n) is 22.8. The molecule has 0 saturated carbocycles. The number of aliphatic imine (C=N–C) groups is 2. The van der Waals surface area contributed by atoms with Crippen LogP contribution in [0.15, 0.2) is 58.3 Å². The predicted molar refractivity (Wildman–Crippen MR) is 154 cm³/mol. The minimum Gasteiger partial charge on any atom is -0.391 e. The van der Waals surface area contributed by atoms with E-state index in [4.69, 9.17) is 16.5 Å². The minimum absolute atomic E-state index is 0.129. The number of amidine groups is 1. The van der Waals surface area contributed by atoms with Gasteiger partial charge in [0.1, 0.15) is 11.9 Å². The topological polar surface area (TPSA) is 133 Å². The van der Waals surface area contributed by atoms with E-state index in [1.165, 1.54) is 0 Å². The Hall–Kier alpha value is -2.87. The SMILES string of the molecule is CC1C(O)CC2CCC(SC3N=C(c4ccc(C(=O)NCC=C(CCN)C(F)(F)F)cc4)C4C(N)=NC=CN34)CN21. The third-order valence-electron chi connectivity index (χ3n) is 8.25. The summed E-state index contributed by atoms with van der Waals surface area (Å²) >= 11 is 1.79. The summed E-state index contributed by atoms with van der Waals surface area (Å²) in [5.74, 6) is -0.0510. The molecule has 0 radical (unpaired) electrons. The second-order valence-corrected chi connectivity index (χ2v) is 12.2. The molecule has 0 bridgehead atoms. The van der Waals surface area contributed by atoms with Crippen molar-refractivity contribution in [1.82, 2.24) is 15.1 Å². The van der Waals surface area contributed by atoms with Crippen molar-refractivity contribution in [3.8, 4) is 0 Å². The van der Waals surface area contributed by atoms with E-state index in [1.54, 1.807) is 42.2 Å². The molecule has 5 rings (SSSR count). The first kappa shape index (κ1) is 29.6. The fourth-order valence-corrected chi connectivity index (χ4v) is 7.39. The summed E-state index contributed by atoms with van der Waals surface area (Å²) in [6.45, 7) is 2.60. The minimum atomic E-state index is -4.48. The van der Waals surface area contributed by atoms with Gasteiger partial charge in [0.25, 0.3) is 5.91 Å². The van der Waals surface area contributed by atoms with Crippen molar-refractivity contribution in [1.29, 1.82) is 0 Å². The zero-order chi connectivity index (χ0) is 29.3. The maximum absolute atomic E-state index is 13.0. The second kappa shape index (κ2) is 12.2.